The second kappa shape index (κ2) is 4.63. The van der Waals surface area contributed by atoms with Crippen LogP contribution in [0.25, 0.3) is 0 Å². The van der Waals surface area contributed by atoms with Gasteiger partial charge in [0.25, 0.3) is 0 Å². The average molecular weight is 250 g/mol. The molecule has 4 heteroatoms. The van der Waals surface area contributed by atoms with Gasteiger partial charge in [0.05, 0.1) is 0 Å². The first kappa shape index (κ1) is 11.1. The van der Waals surface area contributed by atoms with Crippen molar-refractivity contribution in [3.63, 3.8) is 0 Å². The monoisotopic (exact) mass is 250 g/mol. The van der Waals surface area contributed by atoms with E-state index in [0.717, 1.165) is 9.79 Å². The Balaban J connectivity index is 2.32. The maximum absolute atomic E-state index is 9.18. The van der Waals surface area contributed by atoms with Crippen LogP contribution in [-0.4, -0.2) is 10.2 Å². The summed E-state index contributed by atoms with van der Waals surface area (Å²) >= 11 is 5.42. The fourth-order valence-corrected chi connectivity index (χ4v) is 2.98. The maximum atomic E-state index is 9.18. The molecule has 0 atom stereocenters. The van der Waals surface area contributed by atoms with Crippen molar-refractivity contribution in [3.05, 3.63) is 48.5 Å². The minimum atomic E-state index is -0.452. The molecule has 0 fully saturated rings. The van der Waals surface area contributed by atoms with E-state index in [1.54, 1.807) is 24.3 Å². The summed E-state index contributed by atoms with van der Waals surface area (Å²) in [5, 5.41) is 18.4. The molecule has 2 aromatic rings. The molecule has 2 rings (SSSR count). The first-order valence-corrected chi connectivity index (χ1v) is 6.81. The molecule has 0 saturated heterocycles. The Hall–Kier alpha value is -1.39. The van der Waals surface area contributed by atoms with Crippen LogP contribution in [0.5, 0.6) is 11.5 Å². The number of rotatable bonds is 2. The zero-order chi connectivity index (χ0) is 11.5. The molecule has 2 N–H and O–H groups in total. The van der Waals surface area contributed by atoms with Gasteiger partial charge in [-0.15, -0.1) is 0 Å². The van der Waals surface area contributed by atoms with Crippen molar-refractivity contribution in [2.24, 2.45) is 0 Å². The molecule has 0 aromatic heterocycles. The van der Waals surface area contributed by atoms with Crippen molar-refractivity contribution in [2.75, 3.05) is 0 Å². The summed E-state index contributed by atoms with van der Waals surface area (Å²) in [7, 11) is -0.452. The molecule has 0 unspecified atom stereocenters. The van der Waals surface area contributed by atoms with Gasteiger partial charge in [-0.1, -0.05) is 9.45 Å². The number of hydrogen-bond acceptors (Lipinski definition) is 3. The smallest absolute Gasteiger partial charge is 0.115 e. The third-order valence-electron chi connectivity index (χ3n) is 2.10. The van der Waals surface area contributed by atoms with E-state index < -0.39 is 9.45 Å². The van der Waals surface area contributed by atoms with Gasteiger partial charge in [0.2, 0.25) is 0 Å². The number of aromatic hydroxyl groups is 2. The quantitative estimate of drug-likeness (QED) is 0.860. The fourth-order valence-electron chi connectivity index (χ4n) is 1.28. The van der Waals surface area contributed by atoms with Crippen molar-refractivity contribution in [1.29, 1.82) is 0 Å². The Labute approximate surface area is 101 Å². The standard InChI is InChI=1S/C12H10O2S2/c13-9-1-5-11(6-2-9)16(15)12-7-3-10(14)4-8-12/h1-8,13-14H. The molecule has 0 heterocycles. The second-order valence-corrected chi connectivity index (χ2v) is 5.74. The molecule has 82 valence electrons. The van der Waals surface area contributed by atoms with E-state index in [1.165, 1.54) is 0 Å². The van der Waals surface area contributed by atoms with Crippen LogP contribution in [0.2, 0.25) is 0 Å². The number of phenolic OH excluding ortho intramolecular Hbond substituents is 2. The van der Waals surface area contributed by atoms with E-state index in [1.807, 2.05) is 24.3 Å². The van der Waals surface area contributed by atoms with Gasteiger partial charge in [-0.05, 0) is 59.7 Å². The highest BCUT2D eigenvalue weighted by atomic mass is 32.8. The van der Waals surface area contributed by atoms with Crippen LogP contribution in [0.15, 0.2) is 58.3 Å². The lowest BCUT2D eigenvalue weighted by Crippen LogP contribution is -1.90. The summed E-state index contributed by atoms with van der Waals surface area (Å²) in [5.74, 6) is 0.475. The SMILES string of the molecule is Oc1ccc(S(=S)c2ccc(O)cc2)cc1. The van der Waals surface area contributed by atoms with Gasteiger partial charge in [-0.3, -0.25) is 0 Å². The van der Waals surface area contributed by atoms with Crippen molar-refractivity contribution >= 4 is 20.6 Å². The predicted octanol–water partition coefficient (Wildman–Crippen LogP) is 2.60. The summed E-state index contributed by atoms with van der Waals surface area (Å²) in [6, 6.07) is 13.8. The molecule has 2 nitrogen and oxygen atoms in total. The van der Waals surface area contributed by atoms with Gasteiger partial charge in [0.15, 0.2) is 0 Å². The highest BCUT2D eigenvalue weighted by Gasteiger charge is 2.02. The third kappa shape index (κ3) is 2.40. The van der Waals surface area contributed by atoms with Gasteiger partial charge >= 0.3 is 0 Å². The largest absolute Gasteiger partial charge is 0.508 e. The summed E-state index contributed by atoms with van der Waals surface area (Å²) in [6.07, 6.45) is 0. The summed E-state index contributed by atoms with van der Waals surface area (Å²) in [4.78, 5) is 1.97. The highest BCUT2D eigenvalue weighted by Crippen LogP contribution is 2.21. The zero-order valence-corrected chi connectivity index (χ0v) is 9.96. The third-order valence-corrected chi connectivity index (χ3v) is 4.66. The van der Waals surface area contributed by atoms with Gasteiger partial charge in [-0.25, -0.2) is 0 Å². The Kier molecular flexibility index (Phi) is 3.22. The minimum Gasteiger partial charge on any atom is -0.508 e. The summed E-state index contributed by atoms with van der Waals surface area (Å²) < 4.78 is 0. The van der Waals surface area contributed by atoms with Crippen LogP contribution in [0.3, 0.4) is 0 Å². The lowest BCUT2D eigenvalue weighted by molar-refractivity contribution is 0.474. The van der Waals surface area contributed by atoms with E-state index in [2.05, 4.69) is 0 Å². The number of benzene rings is 2. The van der Waals surface area contributed by atoms with Crippen LogP contribution in [0.1, 0.15) is 0 Å². The molecule has 0 bridgehead atoms. The van der Waals surface area contributed by atoms with Gasteiger partial charge in [-0.2, -0.15) is 0 Å². The average Bonchev–Trinajstić information content (AvgIpc) is 2.30. The van der Waals surface area contributed by atoms with E-state index in [-0.39, 0.29) is 11.5 Å². The minimum absolute atomic E-state index is 0.237. The molecule has 0 amide bonds. The fraction of sp³-hybridized carbons (Fsp3) is 0. The van der Waals surface area contributed by atoms with Gasteiger partial charge < -0.3 is 10.2 Å². The van der Waals surface area contributed by atoms with Crippen LogP contribution in [0, 0.1) is 0 Å². The second-order valence-electron chi connectivity index (χ2n) is 3.26. The van der Waals surface area contributed by atoms with E-state index in [9.17, 15) is 10.2 Å². The van der Waals surface area contributed by atoms with E-state index >= 15 is 0 Å². The molecule has 16 heavy (non-hydrogen) atoms. The van der Waals surface area contributed by atoms with Gasteiger partial charge in [0, 0.05) is 9.79 Å². The Bertz CT molecular complexity index is 456. The zero-order valence-electron chi connectivity index (χ0n) is 8.33. The normalized spacial score (nSPS) is 10.6. The molecule has 0 saturated carbocycles. The van der Waals surface area contributed by atoms with Crippen molar-refractivity contribution in [1.82, 2.24) is 0 Å². The predicted molar refractivity (Wildman–Crippen MR) is 67.5 cm³/mol. The number of phenols is 2. The molecule has 2 aromatic carbocycles. The molecule has 0 aliphatic carbocycles. The molecule has 0 aliphatic rings. The van der Waals surface area contributed by atoms with Crippen LogP contribution >= 0.6 is 0 Å². The summed E-state index contributed by atoms with van der Waals surface area (Å²) in [5.41, 5.74) is 0. The van der Waals surface area contributed by atoms with Crippen molar-refractivity contribution < 1.29 is 10.2 Å². The van der Waals surface area contributed by atoms with Crippen LogP contribution in [-0.2, 0) is 20.6 Å². The lowest BCUT2D eigenvalue weighted by Gasteiger charge is -2.05. The summed E-state index contributed by atoms with van der Waals surface area (Å²) in [6.45, 7) is 0. The Morgan fingerprint density at radius 1 is 0.688 bits per heavy atom. The maximum Gasteiger partial charge on any atom is 0.115 e. The van der Waals surface area contributed by atoms with Gasteiger partial charge in [0.1, 0.15) is 11.5 Å². The van der Waals surface area contributed by atoms with Crippen LogP contribution < -0.4 is 0 Å². The van der Waals surface area contributed by atoms with Crippen LogP contribution in [0.4, 0.5) is 0 Å². The lowest BCUT2D eigenvalue weighted by atomic mass is 10.3. The van der Waals surface area contributed by atoms with E-state index in [0.29, 0.717) is 0 Å². The van der Waals surface area contributed by atoms with Crippen molar-refractivity contribution in [2.45, 2.75) is 9.79 Å². The Morgan fingerprint density at radius 2 is 1.00 bits per heavy atom. The first-order chi connectivity index (χ1) is 7.66. The van der Waals surface area contributed by atoms with Crippen molar-refractivity contribution in [3.8, 4) is 11.5 Å². The van der Waals surface area contributed by atoms with E-state index in [4.69, 9.17) is 11.2 Å². The molecule has 0 radical (unpaired) electrons. The molecule has 0 aliphatic heterocycles. The molecule has 0 spiro atoms. The number of hydrogen-bond donors (Lipinski definition) is 2. The topological polar surface area (TPSA) is 40.5 Å². The molecular weight excluding hydrogens is 240 g/mol. The Morgan fingerprint density at radius 3 is 1.31 bits per heavy atom. The molecular formula is C12H10O2S2. The highest BCUT2D eigenvalue weighted by molar-refractivity contribution is 8.28. The first-order valence-electron chi connectivity index (χ1n) is 4.66.